The van der Waals surface area contributed by atoms with E-state index in [2.05, 4.69) is 15.9 Å². The van der Waals surface area contributed by atoms with E-state index in [4.69, 9.17) is 27.9 Å². The Kier molecular flexibility index (Phi) is 4.59. The zero-order chi connectivity index (χ0) is 13.3. The highest BCUT2D eigenvalue weighted by atomic mass is 79.9. The summed E-state index contributed by atoms with van der Waals surface area (Å²) in [5.74, 6) is 0.792. The summed E-state index contributed by atoms with van der Waals surface area (Å²) in [7, 11) is 1.65. The molecule has 96 valence electrons. The van der Waals surface area contributed by atoms with E-state index in [0.717, 1.165) is 30.6 Å². The Morgan fingerprint density at radius 1 is 1.33 bits per heavy atom. The fourth-order valence-corrected chi connectivity index (χ4v) is 3.46. The molecule has 1 nitrogen and oxygen atoms in total. The molecule has 5 heteroatoms. The number of ether oxygens (including phenoxy) is 1. The minimum atomic E-state index is -0.255. The molecule has 2 rings (SSSR count). The zero-order valence-corrected chi connectivity index (χ0v) is 13.8. The molecule has 0 saturated carbocycles. The molecule has 0 aliphatic rings. The Morgan fingerprint density at radius 3 is 2.61 bits per heavy atom. The normalized spacial score (nSPS) is 12.5. The van der Waals surface area contributed by atoms with Crippen LogP contribution in [-0.4, -0.2) is 7.11 Å². The maximum Gasteiger partial charge on any atom is 0.124 e. The van der Waals surface area contributed by atoms with Crippen LogP contribution in [0.4, 0.5) is 0 Å². The van der Waals surface area contributed by atoms with Gasteiger partial charge in [0.15, 0.2) is 0 Å². The first-order valence-corrected chi connectivity index (χ1v) is 7.68. The first kappa shape index (κ1) is 14.2. The molecule has 0 aliphatic heterocycles. The van der Waals surface area contributed by atoms with Crippen molar-refractivity contribution in [1.29, 1.82) is 0 Å². The van der Waals surface area contributed by atoms with Gasteiger partial charge in [-0.3, -0.25) is 0 Å². The number of alkyl halides is 1. The van der Waals surface area contributed by atoms with Crippen LogP contribution >= 0.6 is 50.5 Å². The predicted molar refractivity (Wildman–Crippen MR) is 82.5 cm³/mol. The molecule has 1 atom stereocenters. The molecule has 0 amide bonds. The summed E-state index contributed by atoms with van der Waals surface area (Å²) in [6, 6.07) is 7.77. The number of methoxy groups -OCH3 is 1. The molecule has 18 heavy (non-hydrogen) atoms. The molecule has 0 bridgehead atoms. The second kappa shape index (κ2) is 5.83. The van der Waals surface area contributed by atoms with Crippen molar-refractivity contribution in [3.8, 4) is 5.75 Å². The number of hydrogen-bond donors (Lipinski definition) is 0. The third-order valence-electron chi connectivity index (χ3n) is 2.63. The van der Waals surface area contributed by atoms with Crippen molar-refractivity contribution in [3.05, 3.63) is 49.1 Å². The van der Waals surface area contributed by atoms with E-state index in [1.54, 1.807) is 7.11 Å². The SMILES string of the molecule is COc1cc(C)c(Br)cc1C(Cl)c1ccc(Cl)s1. The minimum Gasteiger partial charge on any atom is -0.496 e. The largest absolute Gasteiger partial charge is 0.496 e. The van der Waals surface area contributed by atoms with Crippen LogP contribution < -0.4 is 4.74 Å². The van der Waals surface area contributed by atoms with Crippen LogP contribution in [0.3, 0.4) is 0 Å². The topological polar surface area (TPSA) is 9.23 Å². The summed E-state index contributed by atoms with van der Waals surface area (Å²) in [6.45, 7) is 2.02. The van der Waals surface area contributed by atoms with Gasteiger partial charge in [-0.25, -0.2) is 0 Å². The fraction of sp³-hybridized carbons (Fsp3) is 0.231. The highest BCUT2D eigenvalue weighted by Gasteiger charge is 2.18. The number of benzene rings is 1. The Balaban J connectivity index is 2.46. The average Bonchev–Trinajstić information content (AvgIpc) is 2.78. The summed E-state index contributed by atoms with van der Waals surface area (Å²) in [6.07, 6.45) is 0. The van der Waals surface area contributed by atoms with Crippen LogP contribution in [0.25, 0.3) is 0 Å². The summed E-state index contributed by atoms with van der Waals surface area (Å²) in [4.78, 5) is 1.01. The van der Waals surface area contributed by atoms with Crippen LogP contribution in [0, 0.1) is 6.92 Å². The lowest BCUT2D eigenvalue weighted by atomic mass is 10.1. The molecule has 1 aromatic heterocycles. The van der Waals surface area contributed by atoms with Crippen LogP contribution in [0.2, 0.25) is 4.34 Å². The Bertz CT molecular complexity index is 568. The lowest BCUT2D eigenvalue weighted by Crippen LogP contribution is -1.97. The van der Waals surface area contributed by atoms with Crippen LogP contribution in [0.1, 0.15) is 21.4 Å². The number of rotatable bonds is 3. The second-order valence-corrected chi connectivity index (χ2v) is 6.89. The van der Waals surface area contributed by atoms with Crippen molar-refractivity contribution < 1.29 is 4.74 Å². The van der Waals surface area contributed by atoms with Crippen molar-refractivity contribution in [2.24, 2.45) is 0 Å². The lowest BCUT2D eigenvalue weighted by molar-refractivity contribution is 0.410. The number of aryl methyl sites for hydroxylation is 1. The van der Waals surface area contributed by atoms with E-state index >= 15 is 0 Å². The van der Waals surface area contributed by atoms with Crippen molar-refractivity contribution in [1.82, 2.24) is 0 Å². The van der Waals surface area contributed by atoms with Crippen LogP contribution in [-0.2, 0) is 0 Å². The smallest absolute Gasteiger partial charge is 0.124 e. The Labute approximate surface area is 129 Å². The van der Waals surface area contributed by atoms with Gasteiger partial charge in [0.1, 0.15) is 5.75 Å². The van der Waals surface area contributed by atoms with Gasteiger partial charge in [0.25, 0.3) is 0 Å². The minimum absolute atomic E-state index is 0.255. The second-order valence-electron chi connectivity index (χ2n) is 3.85. The van der Waals surface area contributed by atoms with E-state index < -0.39 is 0 Å². The molecular formula is C13H11BrCl2OS. The molecular weight excluding hydrogens is 355 g/mol. The molecule has 0 spiro atoms. The molecule has 0 saturated heterocycles. The van der Waals surface area contributed by atoms with Crippen LogP contribution in [0.5, 0.6) is 5.75 Å². The third kappa shape index (κ3) is 2.85. The fourth-order valence-electron chi connectivity index (χ4n) is 1.66. The first-order chi connectivity index (χ1) is 8.52. The molecule has 2 aromatic rings. The third-order valence-corrected chi connectivity index (χ3v) is 5.38. The summed E-state index contributed by atoms with van der Waals surface area (Å²) in [5.41, 5.74) is 2.05. The molecule has 1 aromatic carbocycles. The van der Waals surface area contributed by atoms with Gasteiger partial charge < -0.3 is 4.74 Å². The summed E-state index contributed by atoms with van der Waals surface area (Å²) in [5, 5.41) is -0.255. The van der Waals surface area contributed by atoms with Crippen LogP contribution in [0.15, 0.2) is 28.7 Å². The van der Waals surface area contributed by atoms with Gasteiger partial charge in [-0.15, -0.1) is 22.9 Å². The standard InChI is InChI=1S/C13H11BrCl2OS/c1-7-5-10(17-2)8(6-9(7)14)13(16)11-3-4-12(15)18-11/h3-6,13H,1-2H3. The maximum atomic E-state index is 6.50. The monoisotopic (exact) mass is 364 g/mol. The number of thiophene rings is 1. The zero-order valence-electron chi connectivity index (χ0n) is 9.84. The van der Waals surface area contributed by atoms with Gasteiger partial charge in [0.05, 0.1) is 16.8 Å². The summed E-state index contributed by atoms with van der Waals surface area (Å²) >= 11 is 17.4. The quantitative estimate of drug-likeness (QED) is 0.623. The van der Waals surface area contributed by atoms with Crippen molar-refractivity contribution >= 4 is 50.5 Å². The molecule has 1 heterocycles. The maximum absolute atomic E-state index is 6.50. The Hall–Kier alpha value is -0.220. The average molecular weight is 366 g/mol. The molecule has 0 N–H and O–H groups in total. The highest BCUT2D eigenvalue weighted by molar-refractivity contribution is 9.10. The summed E-state index contributed by atoms with van der Waals surface area (Å²) < 4.78 is 7.15. The molecule has 0 aliphatic carbocycles. The lowest BCUT2D eigenvalue weighted by Gasteiger charge is -2.14. The molecule has 0 fully saturated rings. The Morgan fingerprint density at radius 2 is 2.06 bits per heavy atom. The van der Waals surface area contributed by atoms with E-state index in [0.29, 0.717) is 0 Å². The van der Waals surface area contributed by atoms with E-state index in [1.165, 1.54) is 11.3 Å². The predicted octanol–water partition coefficient (Wildman–Crippen LogP) is 5.81. The van der Waals surface area contributed by atoms with Gasteiger partial charge in [0, 0.05) is 14.9 Å². The first-order valence-electron chi connectivity index (χ1n) is 5.26. The van der Waals surface area contributed by atoms with E-state index in [-0.39, 0.29) is 5.38 Å². The highest BCUT2D eigenvalue weighted by Crippen LogP contribution is 2.41. The van der Waals surface area contributed by atoms with E-state index in [1.807, 2.05) is 31.2 Å². The van der Waals surface area contributed by atoms with Gasteiger partial charge in [0.2, 0.25) is 0 Å². The molecule has 1 unspecified atom stereocenters. The van der Waals surface area contributed by atoms with Gasteiger partial charge in [-0.1, -0.05) is 27.5 Å². The van der Waals surface area contributed by atoms with Crippen molar-refractivity contribution in [2.75, 3.05) is 7.11 Å². The van der Waals surface area contributed by atoms with Gasteiger partial charge in [-0.05, 0) is 36.8 Å². The van der Waals surface area contributed by atoms with Crippen molar-refractivity contribution in [2.45, 2.75) is 12.3 Å². The number of halogens is 3. The number of hydrogen-bond acceptors (Lipinski definition) is 2. The molecule has 0 radical (unpaired) electrons. The van der Waals surface area contributed by atoms with Gasteiger partial charge >= 0.3 is 0 Å². The van der Waals surface area contributed by atoms with Gasteiger partial charge in [-0.2, -0.15) is 0 Å². The van der Waals surface area contributed by atoms with E-state index in [9.17, 15) is 0 Å². The van der Waals surface area contributed by atoms with Crippen molar-refractivity contribution in [3.63, 3.8) is 0 Å².